The molecule has 1 rings (SSSR count). The molecule has 1 amide bonds. The fourth-order valence-electron chi connectivity index (χ4n) is 2.42. The summed E-state index contributed by atoms with van der Waals surface area (Å²) in [6.45, 7) is 2.26. The Balaban J connectivity index is 0.00000441. The first-order chi connectivity index (χ1) is 10.1. The minimum Gasteiger partial charge on any atom is -0.469 e. The lowest BCUT2D eigenvalue weighted by Crippen LogP contribution is -2.46. The third-order valence-electron chi connectivity index (χ3n) is 3.72. The Morgan fingerprint density at radius 2 is 1.95 bits per heavy atom. The van der Waals surface area contributed by atoms with E-state index in [1.54, 1.807) is 14.1 Å². The van der Waals surface area contributed by atoms with Gasteiger partial charge in [-0.3, -0.25) is 14.6 Å². The molecule has 22 heavy (non-hydrogen) atoms. The highest BCUT2D eigenvalue weighted by molar-refractivity contribution is 14.0. The fraction of sp³-hybridized carbons (Fsp3) is 0.786. The molecule has 7 nitrogen and oxygen atoms in total. The van der Waals surface area contributed by atoms with E-state index in [0.29, 0.717) is 25.3 Å². The molecule has 0 aromatic heterocycles. The number of carbonyl (C=O) groups excluding carboxylic acids is 2. The quantitative estimate of drug-likeness (QED) is 0.291. The van der Waals surface area contributed by atoms with Crippen LogP contribution in [0.5, 0.6) is 0 Å². The maximum atomic E-state index is 11.4. The number of hydrogen-bond acceptors (Lipinski definition) is 4. The van der Waals surface area contributed by atoms with Crippen molar-refractivity contribution < 1.29 is 14.3 Å². The lowest BCUT2D eigenvalue weighted by Gasteiger charge is -2.34. The summed E-state index contributed by atoms with van der Waals surface area (Å²) in [7, 11) is 4.79. The number of esters is 1. The largest absolute Gasteiger partial charge is 0.469 e. The first-order valence-corrected chi connectivity index (χ1v) is 7.33. The van der Waals surface area contributed by atoms with Gasteiger partial charge in [0.1, 0.15) is 0 Å². The van der Waals surface area contributed by atoms with Crippen LogP contribution >= 0.6 is 24.0 Å². The van der Waals surface area contributed by atoms with Gasteiger partial charge in [-0.05, 0) is 18.8 Å². The van der Waals surface area contributed by atoms with Gasteiger partial charge in [-0.2, -0.15) is 0 Å². The molecule has 0 aliphatic carbocycles. The molecular formula is C14H27IN4O3. The van der Waals surface area contributed by atoms with Crippen LogP contribution in [0, 0.1) is 5.92 Å². The summed E-state index contributed by atoms with van der Waals surface area (Å²) in [4.78, 5) is 28.9. The number of amides is 1. The molecule has 0 saturated carbocycles. The average Bonchev–Trinajstić information content (AvgIpc) is 2.52. The number of ether oxygens (including phenoxy) is 1. The molecule has 1 fully saturated rings. The van der Waals surface area contributed by atoms with Gasteiger partial charge in [-0.1, -0.05) is 0 Å². The highest BCUT2D eigenvalue weighted by Crippen LogP contribution is 2.20. The predicted molar refractivity (Wildman–Crippen MR) is 96.4 cm³/mol. The molecule has 1 aliphatic rings. The van der Waals surface area contributed by atoms with Gasteiger partial charge >= 0.3 is 5.97 Å². The van der Waals surface area contributed by atoms with E-state index in [1.165, 1.54) is 7.11 Å². The van der Waals surface area contributed by atoms with Crippen LogP contribution in [0.15, 0.2) is 4.99 Å². The summed E-state index contributed by atoms with van der Waals surface area (Å²) in [6.07, 6.45) is 2.87. The third-order valence-corrected chi connectivity index (χ3v) is 3.72. The van der Waals surface area contributed by atoms with Crippen LogP contribution in [0.25, 0.3) is 0 Å². The zero-order chi connectivity index (χ0) is 15.7. The van der Waals surface area contributed by atoms with Crippen LogP contribution in [0.4, 0.5) is 0 Å². The molecule has 1 saturated heterocycles. The molecule has 0 aromatic carbocycles. The Hall–Kier alpha value is -1.06. The maximum Gasteiger partial charge on any atom is 0.307 e. The van der Waals surface area contributed by atoms with Crippen LogP contribution in [0.1, 0.15) is 25.7 Å². The Morgan fingerprint density at radius 3 is 2.45 bits per heavy atom. The zero-order valence-electron chi connectivity index (χ0n) is 13.6. The van der Waals surface area contributed by atoms with E-state index in [-0.39, 0.29) is 35.9 Å². The van der Waals surface area contributed by atoms with Crippen molar-refractivity contribution in [1.29, 1.82) is 0 Å². The Morgan fingerprint density at radius 1 is 1.32 bits per heavy atom. The van der Waals surface area contributed by atoms with Gasteiger partial charge in [-0.15, -0.1) is 24.0 Å². The number of piperidine rings is 1. The molecule has 0 radical (unpaired) electrons. The van der Waals surface area contributed by atoms with E-state index in [9.17, 15) is 9.59 Å². The second-order valence-corrected chi connectivity index (χ2v) is 5.11. The number of likely N-dealkylation sites (tertiary alicyclic amines) is 1. The van der Waals surface area contributed by atoms with Crippen molar-refractivity contribution in [1.82, 2.24) is 15.5 Å². The number of halogens is 1. The number of guanidine groups is 1. The third kappa shape index (κ3) is 7.28. The van der Waals surface area contributed by atoms with Crippen LogP contribution in [-0.4, -0.2) is 63.6 Å². The van der Waals surface area contributed by atoms with Crippen molar-refractivity contribution in [2.45, 2.75) is 25.7 Å². The summed E-state index contributed by atoms with van der Waals surface area (Å²) in [5, 5.41) is 5.84. The topological polar surface area (TPSA) is 83.0 Å². The van der Waals surface area contributed by atoms with Gasteiger partial charge in [-0.25, -0.2) is 0 Å². The molecule has 0 atom stereocenters. The van der Waals surface area contributed by atoms with E-state index in [0.717, 1.165) is 31.9 Å². The van der Waals surface area contributed by atoms with E-state index >= 15 is 0 Å². The number of nitrogens with one attached hydrogen (secondary N) is 2. The SMILES string of the molecule is CN=C(NCCC(=O)OC)N1CCC(CC(=O)NC)CC1.I. The second-order valence-electron chi connectivity index (χ2n) is 5.11. The Labute approximate surface area is 149 Å². The summed E-state index contributed by atoms with van der Waals surface area (Å²) in [5.74, 6) is 1.11. The number of methoxy groups -OCH3 is 1. The summed E-state index contributed by atoms with van der Waals surface area (Å²) < 4.78 is 4.60. The summed E-state index contributed by atoms with van der Waals surface area (Å²) in [6, 6.07) is 0. The molecule has 1 heterocycles. The predicted octanol–water partition coefficient (Wildman–Crippen LogP) is 0.591. The van der Waals surface area contributed by atoms with Crippen molar-refractivity contribution in [3.05, 3.63) is 0 Å². The highest BCUT2D eigenvalue weighted by Gasteiger charge is 2.22. The van der Waals surface area contributed by atoms with Gasteiger partial charge in [0.15, 0.2) is 5.96 Å². The van der Waals surface area contributed by atoms with Gasteiger partial charge in [0.05, 0.1) is 13.5 Å². The minimum atomic E-state index is -0.234. The lowest BCUT2D eigenvalue weighted by molar-refractivity contribution is -0.140. The van der Waals surface area contributed by atoms with Crippen molar-refractivity contribution in [3.63, 3.8) is 0 Å². The van der Waals surface area contributed by atoms with Gasteiger partial charge < -0.3 is 20.3 Å². The second kappa shape index (κ2) is 11.5. The Bertz CT molecular complexity index is 382. The van der Waals surface area contributed by atoms with Gasteiger partial charge in [0.2, 0.25) is 5.91 Å². The molecule has 0 unspecified atom stereocenters. The first kappa shape index (κ1) is 20.9. The lowest BCUT2D eigenvalue weighted by atomic mass is 9.93. The smallest absolute Gasteiger partial charge is 0.307 e. The highest BCUT2D eigenvalue weighted by atomic mass is 127. The van der Waals surface area contributed by atoms with E-state index in [2.05, 4.69) is 25.3 Å². The number of aliphatic imine (C=N–C) groups is 1. The van der Waals surface area contributed by atoms with E-state index in [4.69, 9.17) is 0 Å². The molecular weight excluding hydrogens is 399 g/mol. The monoisotopic (exact) mass is 426 g/mol. The number of nitrogens with zero attached hydrogens (tertiary/aromatic N) is 2. The van der Waals surface area contributed by atoms with Gasteiger partial charge in [0, 0.05) is 40.2 Å². The minimum absolute atomic E-state index is 0. The van der Waals surface area contributed by atoms with Crippen LogP contribution in [0.2, 0.25) is 0 Å². The summed E-state index contributed by atoms with van der Waals surface area (Å²) in [5.41, 5.74) is 0. The molecule has 2 N–H and O–H groups in total. The maximum absolute atomic E-state index is 11.4. The molecule has 0 spiro atoms. The van der Waals surface area contributed by atoms with Crippen molar-refractivity contribution >= 4 is 41.8 Å². The standard InChI is InChI=1S/C14H26N4O3.HI/c1-15-12(19)10-11-5-8-18(9-6-11)14(16-2)17-7-4-13(20)21-3;/h11H,4-10H2,1-3H3,(H,15,19)(H,16,17);1H. The van der Waals surface area contributed by atoms with Crippen LogP contribution in [0.3, 0.4) is 0 Å². The van der Waals surface area contributed by atoms with E-state index < -0.39 is 0 Å². The molecule has 8 heteroatoms. The molecule has 1 aliphatic heterocycles. The van der Waals surface area contributed by atoms with Crippen LogP contribution in [-0.2, 0) is 14.3 Å². The molecule has 0 bridgehead atoms. The van der Waals surface area contributed by atoms with Crippen molar-refractivity contribution in [2.75, 3.05) is 40.8 Å². The number of carbonyl (C=O) groups is 2. The zero-order valence-corrected chi connectivity index (χ0v) is 15.9. The van der Waals surface area contributed by atoms with E-state index in [1.807, 2.05) is 0 Å². The number of hydrogen-bond donors (Lipinski definition) is 2. The van der Waals surface area contributed by atoms with Gasteiger partial charge in [0.25, 0.3) is 0 Å². The average molecular weight is 426 g/mol. The fourth-order valence-corrected chi connectivity index (χ4v) is 2.42. The normalized spacial score (nSPS) is 15.8. The molecule has 0 aromatic rings. The number of rotatable bonds is 5. The summed E-state index contributed by atoms with van der Waals surface area (Å²) >= 11 is 0. The van der Waals surface area contributed by atoms with Crippen molar-refractivity contribution in [2.24, 2.45) is 10.9 Å². The molecule has 128 valence electrons. The van der Waals surface area contributed by atoms with Crippen molar-refractivity contribution in [3.8, 4) is 0 Å². The van der Waals surface area contributed by atoms with Crippen LogP contribution < -0.4 is 10.6 Å². The Kier molecular flexibility index (Phi) is 10.9. The first-order valence-electron chi connectivity index (χ1n) is 7.33.